The van der Waals surface area contributed by atoms with E-state index in [4.69, 9.17) is 5.73 Å². The summed E-state index contributed by atoms with van der Waals surface area (Å²) in [5.74, 6) is 1.23. The Morgan fingerprint density at radius 3 is 2.73 bits per heavy atom. The van der Waals surface area contributed by atoms with Crippen molar-refractivity contribution >= 4 is 40.0 Å². The molecule has 3 heterocycles. The van der Waals surface area contributed by atoms with Gasteiger partial charge in [-0.2, -0.15) is 0 Å². The fraction of sp³-hybridized carbons (Fsp3) is 0.0526. The molecule has 6 nitrogen and oxygen atoms in total. The second-order valence-corrected chi connectivity index (χ2v) is 6.75. The highest BCUT2D eigenvalue weighted by Crippen LogP contribution is 2.36. The van der Waals surface area contributed by atoms with Crippen LogP contribution < -0.4 is 11.1 Å². The number of anilines is 3. The van der Waals surface area contributed by atoms with E-state index >= 15 is 0 Å². The molecule has 0 atom stereocenters. The molecule has 0 amide bonds. The Balaban J connectivity index is 1.67. The van der Waals surface area contributed by atoms with Crippen molar-refractivity contribution in [2.45, 2.75) is 16.8 Å². The number of rotatable bonds is 4. The van der Waals surface area contributed by atoms with Crippen molar-refractivity contribution in [2.24, 2.45) is 0 Å². The number of pyridine rings is 2. The van der Waals surface area contributed by atoms with Crippen LogP contribution in [0.3, 0.4) is 0 Å². The number of aryl methyl sites for hydroxylation is 1. The van der Waals surface area contributed by atoms with Gasteiger partial charge in [-0.05, 0) is 36.8 Å². The van der Waals surface area contributed by atoms with Gasteiger partial charge in [0.25, 0.3) is 0 Å². The van der Waals surface area contributed by atoms with Crippen LogP contribution in [0.5, 0.6) is 0 Å². The summed E-state index contributed by atoms with van der Waals surface area (Å²) in [7, 11) is 0. The lowest BCUT2D eigenvalue weighted by atomic mass is 10.2. The number of hydrogen-bond donors (Lipinski definition) is 2. The van der Waals surface area contributed by atoms with Crippen molar-refractivity contribution < 1.29 is 0 Å². The first-order valence-electron chi connectivity index (χ1n) is 8.02. The SMILES string of the molecule is Cc1ccnc(Nc2ncnc(Sc3cccc4cccnc34)c2N)c1. The second-order valence-electron chi connectivity index (χ2n) is 5.72. The molecule has 0 aliphatic carbocycles. The van der Waals surface area contributed by atoms with Gasteiger partial charge in [0.1, 0.15) is 22.9 Å². The number of nitrogens with two attached hydrogens (primary N) is 1. The number of nitrogen functional groups attached to an aromatic ring is 1. The molecular weight excluding hydrogens is 344 g/mol. The molecule has 0 unspecified atom stereocenters. The van der Waals surface area contributed by atoms with E-state index in [1.54, 1.807) is 12.4 Å². The summed E-state index contributed by atoms with van der Waals surface area (Å²) >= 11 is 1.47. The summed E-state index contributed by atoms with van der Waals surface area (Å²) < 4.78 is 0. The lowest BCUT2D eigenvalue weighted by Gasteiger charge is -2.11. The van der Waals surface area contributed by atoms with Crippen LogP contribution in [0.2, 0.25) is 0 Å². The van der Waals surface area contributed by atoms with Gasteiger partial charge >= 0.3 is 0 Å². The van der Waals surface area contributed by atoms with Gasteiger partial charge in [0.05, 0.1) is 5.52 Å². The van der Waals surface area contributed by atoms with E-state index in [0.29, 0.717) is 22.3 Å². The zero-order valence-corrected chi connectivity index (χ0v) is 14.9. The van der Waals surface area contributed by atoms with Crippen LogP contribution in [0, 0.1) is 6.92 Å². The molecule has 0 aliphatic rings. The number of benzene rings is 1. The monoisotopic (exact) mass is 360 g/mol. The number of nitrogens with one attached hydrogen (secondary N) is 1. The summed E-state index contributed by atoms with van der Waals surface area (Å²) in [6.45, 7) is 2.00. The molecule has 7 heteroatoms. The van der Waals surface area contributed by atoms with Gasteiger partial charge < -0.3 is 11.1 Å². The molecular formula is C19H16N6S. The third-order valence-electron chi connectivity index (χ3n) is 3.81. The maximum atomic E-state index is 6.30. The summed E-state index contributed by atoms with van der Waals surface area (Å²) in [5.41, 5.74) is 8.81. The van der Waals surface area contributed by atoms with Crippen LogP contribution in [-0.4, -0.2) is 19.9 Å². The Bertz CT molecular complexity index is 1080. The Kier molecular flexibility index (Phi) is 4.37. The molecule has 0 saturated carbocycles. The minimum Gasteiger partial charge on any atom is -0.394 e. The van der Waals surface area contributed by atoms with Gasteiger partial charge in [-0.3, -0.25) is 4.98 Å². The van der Waals surface area contributed by atoms with Gasteiger partial charge in [0.15, 0.2) is 5.82 Å². The third-order valence-corrected chi connectivity index (χ3v) is 4.88. The smallest absolute Gasteiger partial charge is 0.159 e. The molecule has 3 N–H and O–H groups in total. The lowest BCUT2D eigenvalue weighted by molar-refractivity contribution is 1.06. The predicted octanol–water partition coefficient (Wildman–Crippen LogP) is 4.21. The molecule has 128 valence electrons. The van der Waals surface area contributed by atoms with Crippen LogP contribution in [0.1, 0.15) is 5.56 Å². The van der Waals surface area contributed by atoms with Gasteiger partial charge in [0, 0.05) is 22.7 Å². The van der Waals surface area contributed by atoms with Gasteiger partial charge in [-0.25, -0.2) is 15.0 Å². The average molecular weight is 360 g/mol. The van der Waals surface area contributed by atoms with E-state index in [1.807, 2.05) is 49.4 Å². The Hall–Kier alpha value is -3.19. The largest absolute Gasteiger partial charge is 0.394 e. The first-order valence-corrected chi connectivity index (χ1v) is 8.84. The van der Waals surface area contributed by atoms with E-state index in [2.05, 4.69) is 25.3 Å². The first kappa shape index (κ1) is 16.3. The highest BCUT2D eigenvalue weighted by Gasteiger charge is 2.12. The molecule has 0 aliphatic heterocycles. The van der Waals surface area contributed by atoms with Gasteiger partial charge in [-0.1, -0.05) is 30.0 Å². The number of hydrogen-bond acceptors (Lipinski definition) is 7. The van der Waals surface area contributed by atoms with Crippen molar-refractivity contribution in [2.75, 3.05) is 11.1 Å². The van der Waals surface area contributed by atoms with Crippen LogP contribution in [-0.2, 0) is 0 Å². The zero-order chi connectivity index (χ0) is 17.9. The van der Waals surface area contributed by atoms with Crippen molar-refractivity contribution in [1.29, 1.82) is 0 Å². The number of fused-ring (bicyclic) bond motifs is 1. The summed E-state index contributed by atoms with van der Waals surface area (Å²) in [6.07, 6.45) is 5.02. The number of aromatic nitrogens is 4. The minimum atomic E-state index is 0.480. The zero-order valence-electron chi connectivity index (χ0n) is 14.0. The Morgan fingerprint density at radius 2 is 1.85 bits per heavy atom. The lowest BCUT2D eigenvalue weighted by Crippen LogP contribution is -2.03. The normalized spacial score (nSPS) is 10.8. The molecule has 4 rings (SSSR count). The first-order chi connectivity index (χ1) is 12.7. The molecule has 0 spiro atoms. The van der Waals surface area contributed by atoms with Crippen LogP contribution in [0.25, 0.3) is 10.9 Å². The fourth-order valence-electron chi connectivity index (χ4n) is 2.55. The van der Waals surface area contributed by atoms with Gasteiger partial charge in [0.2, 0.25) is 0 Å². The molecule has 4 aromatic rings. The topological polar surface area (TPSA) is 89.6 Å². The summed E-state index contributed by atoms with van der Waals surface area (Å²) in [4.78, 5) is 18.3. The highest BCUT2D eigenvalue weighted by molar-refractivity contribution is 7.99. The van der Waals surface area contributed by atoms with Crippen LogP contribution in [0.4, 0.5) is 17.3 Å². The molecule has 0 radical (unpaired) electrons. The minimum absolute atomic E-state index is 0.480. The molecule has 0 fully saturated rings. The molecule has 26 heavy (non-hydrogen) atoms. The van der Waals surface area contributed by atoms with Crippen LogP contribution in [0.15, 0.2) is 71.1 Å². The van der Waals surface area contributed by atoms with E-state index < -0.39 is 0 Å². The quantitative estimate of drug-likeness (QED) is 0.527. The fourth-order valence-corrected chi connectivity index (χ4v) is 3.48. The average Bonchev–Trinajstić information content (AvgIpc) is 2.65. The van der Waals surface area contributed by atoms with E-state index in [1.165, 1.54) is 18.1 Å². The van der Waals surface area contributed by atoms with Crippen molar-refractivity contribution in [3.63, 3.8) is 0 Å². The maximum absolute atomic E-state index is 6.30. The number of para-hydroxylation sites is 1. The Labute approximate surface area is 154 Å². The van der Waals surface area contributed by atoms with Gasteiger partial charge in [-0.15, -0.1) is 0 Å². The second kappa shape index (κ2) is 6.97. The Morgan fingerprint density at radius 1 is 0.962 bits per heavy atom. The predicted molar refractivity (Wildman–Crippen MR) is 105 cm³/mol. The number of nitrogens with zero attached hydrogens (tertiary/aromatic N) is 4. The molecule has 3 aromatic heterocycles. The van der Waals surface area contributed by atoms with Crippen molar-refractivity contribution in [1.82, 2.24) is 19.9 Å². The molecule has 1 aromatic carbocycles. The van der Waals surface area contributed by atoms with Crippen molar-refractivity contribution in [3.05, 3.63) is 66.7 Å². The molecule has 0 saturated heterocycles. The van der Waals surface area contributed by atoms with E-state index in [0.717, 1.165) is 21.4 Å². The third kappa shape index (κ3) is 3.29. The van der Waals surface area contributed by atoms with Crippen LogP contribution >= 0.6 is 11.8 Å². The summed E-state index contributed by atoms with van der Waals surface area (Å²) in [6, 6.07) is 13.9. The van der Waals surface area contributed by atoms with E-state index in [9.17, 15) is 0 Å². The molecule has 0 bridgehead atoms. The highest BCUT2D eigenvalue weighted by atomic mass is 32.2. The van der Waals surface area contributed by atoms with Crippen molar-refractivity contribution in [3.8, 4) is 0 Å². The maximum Gasteiger partial charge on any atom is 0.159 e. The standard InChI is InChI=1S/C19H16N6S/c1-12-7-9-21-15(10-12)25-18-16(20)19(24-11-23-18)26-14-6-2-4-13-5-3-8-22-17(13)14/h2-11H,20H2,1H3,(H,21,23,24,25). The summed E-state index contributed by atoms with van der Waals surface area (Å²) in [5, 5.41) is 4.91. The van der Waals surface area contributed by atoms with E-state index in [-0.39, 0.29) is 0 Å².